The Labute approximate surface area is 190 Å². The summed E-state index contributed by atoms with van der Waals surface area (Å²) < 4.78 is 42.3. The molecule has 0 bridgehead atoms. The number of nitrogens with two attached hydrogens (primary N) is 1. The van der Waals surface area contributed by atoms with Gasteiger partial charge in [-0.15, -0.1) is 6.42 Å². The Morgan fingerprint density at radius 1 is 1.21 bits per heavy atom. The van der Waals surface area contributed by atoms with Crippen LogP contribution in [0.5, 0.6) is 0 Å². The number of allylic oxidation sites excluding steroid dienone is 1. The topological polar surface area (TPSA) is 79.8 Å². The molecule has 0 fully saturated rings. The van der Waals surface area contributed by atoms with Crippen molar-refractivity contribution in [3.63, 3.8) is 0 Å². The lowest BCUT2D eigenvalue weighted by Gasteiger charge is -2.13. The van der Waals surface area contributed by atoms with Crippen molar-refractivity contribution < 1.29 is 18.0 Å². The van der Waals surface area contributed by atoms with E-state index in [0.717, 1.165) is 12.1 Å². The molecule has 0 aromatic heterocycles. The van der Waals surface area contributed by atoms with Crippen molar-refractivity contribution in [2.75, 3.05) is 0 Å². The fraction of sp³-hybridized carbons (Fsp3) is 0.160. The molecule has 170 valence electrons. The van der Waals surface area contributed by atoms with Gasteiger partial charge in [-0.25, -0.2) is 13.2 Å². The van der Waals surface area contributed by atoms with Crippen LogP contribution in [0.15, 0.2) is 52.6 Å². The molecule has 3 N–H and O–H groups in total. The Balaban J connectivity index is 2.31. The average Bonchev–Trinajstić information content (AvgIpc) is 2.78. The first-order chi connectivity index (χ1) is 15.8. The number of hydrogen-bond donors (Lipinski definition) is 2. The van der Waals surface area contributed by atoms with Crippen molar-refractivity contribution in [2.24, 2.45) is 15.7 Å². The highest BCUT2D eigenvalue weighted by atomic mass is 19.1. The summed E-state index contributed by atoms with van der Waals surface area (Å²) in [4.78, 5) is 19.2. The van der Waals surface area contributed by atoms with Crippen LogP contribution in [0.4, 0.5) is 18.9 Å². The molecule has 0 aliphatic heterocycles. The molecule has 0 unspecified atom stereocenters. The van der Waals surface area contributed by atoms with Crippen molar-refractivity contribution in [3.05, 3.63) is 82.3 Å². The zero-order valence-corrected chi connectivity index (χ0v) is 18.0. The molecule has 2 aromatic carbocycles. The maximum absolute atomic E-state index is 14.6. The van der Waals surface area contributed by atoms with E-state index in [1.807, 2.05) is 6.92 Å². The van der Waals surface area contributed by atoms with Crippen LogP contribution in [-0.4, -0.2) is 18.3 Å². The van der Waals surface area contributed by atoms with Crippen LogP contribution >= 0.6 is 0 Å². The van der Waals surface area contributed by atoms with Crippen molar-refractivity contribution in [1.82, 2.24) is 5.32 Å². The molecule has 0 aliphatic carbocycles. The zero-order valence-electron chi connectivity index (χ0n) is 18.0. The lowest BCUT2D eigenvalue weighted by molar-refractivity contribution is 0.111. The second-order valence-electron chi connectivity index (χ2n) is 6.80. The molecule has 0 saturated carbocycles. The lowest BCUT2D eigenvalue weighted by Crippen LogP contribution is -2.29. The Morgan fingerprint density at radius 3 is 2.48 bits per heavy atom. The molecule has 0 amide bonds. The number of benzene rings is 2. The maximum Gasteiger partial charge on any atom is 0.155 e. The highest BCUT2D eigenvalue weighted by Crippen LogP contribution is 2.24. The van der Waals surface area contributed by atoms with Crippen molar-refractivity contribution in [2.45, 2.75) is 26.4 Å². The third kappa shape index (κ3) is 6.68. The highest BCUT2D eigenvalue weighted by molar-refractivity contribution is 5.97. The summed E-state index contributed by atoms with van der Waals surface area (Å²) in [6.07, 6.45) is 10.6. The van der Waals surface area contributed by atoms with Crippen molar-refractivity contribution in [3.8, 4) is 12.3 Å². The van der Waals surface area contributed by atoms with Gasteiger partial charge in [0.15, 0.2) is 6.29 Å². The predicted octanol–water partition coefficient (Wildman–Crippen LogP) is 4.84. The van der Waals surface area contributed by atoms with E-state index < -0.39 is 23.0 Å². The van der Waals surface area contributed by atoms with E-state index in [2.05, 4.69) is 27.8 Å². The van der Waals surface area contributed by atoms with Gasteiger partial charge < -0.3 is 11.1 Å². The van der Waals surface area contributed by atoms with E-state index in [1.165, 1.54) is 12.1 Å². The number of nitrogens with one attached hydrogen (secondary N) is 1. The first kappa shape index (κ1) is 25.1. The van der Waals surface area contributed by atoms with Crippen LogP contribution in [0.1, 0.15) is 40.4 Å². The first-order valence-corrected chi connectivity index (χ1v) is 9.95. The molecule has 0 saturated heterocycles. The number of aldehydes is 1. The van der Waals surface area contributed by atoms with Gasteiger partial charge in [0.05, 0.1) is 23.5 Å². The molecule has 0 aliphatic rings. The van der Waals surface area contributed by atoms with Crippen LogP contribution in [0.25, 0.3) is 6.08 Å². The first-order valence-electron chi connectivity index (χ1n) is 9.95. The van der Waals surface area contributed by atoms with Gasteiger partial charge in [-0.05, 0) is 30.2 Å². The molecule has 0 atom stereocenters. The summed E-state index contributed by atoms with van der Waals surface area (Å²) in [7, 11) is 0. The number of nitrogens with zero attached hydrogens (tertiary/aromatic N) is 2. The van der Waals surface area contributed by atoms with Gasteiger partial charge in [0.1, 0.15) is 23.3 Å². The normalized spacial score (nSPS) is 12.0. The van der Waals surface area contributed by atoms with Crippen LogP contribution in [-0.2, 0) is 13.1 Å². The number of hydrogen-bond acceptors (Lipinski definition) is 4. The summed E-state index contributed by atoms with van der Waals surface area (Å²) in [5, 5.41) is 2.90. The van der Waals surface area contributed by atoms with Crippen LogP contribution in [0.2, 0.25) is 0 Å². The molecular weight excluding hydrogens is 429 g/mol. The van der Waals surface area contributed by atoms with Crippen LogP contribution < -0.4 is 11.1 Å². The SMILES string of the molecule is C#C/C=C(/N)C(=NCc1cc(F)c(C=O)c(F)c1)NCc1cc(C=C)c(N=CCC)cc1F. The summed E-state index contributed by atoms with van der Waals surface area (Å²) in [5.74, 6) is -0.117. The standard InChI is InChI=1S/C25H23F3N4O/c1-4-7-23(29)25(31-13-16-9-21(27)19(15-33)22(28)10-16)32-14-18-11-17(6-3)24(12-20(18)26)30-8-5-2/h1,6-12,15H,3,5,13-14,29H2,2H3,(H,31,32)/b23-7+,30-8?. The molecule has 2 rings (SSSR count). The van der Waals surface area contributed by atoms with Crippen molar-refractivity contribution >= 4 is 30.1 Å². The summed E-state index contributed by atoms with van der Waals surface area (Å²) in [6.45, 7) is 5.48. The molecule has 0 spiro atoms. The summed E-state index contributed by atoms with van der Waals surface area (Å²) >= 11 is 0. The highest BCUT2D eigenvalue weighted by Gasteiger charge is 2.12. The summed E-state index contributed by atoms with van der Waals surface area (Å²) in [5.41, 5.74) is 6.92. The number of carbonyl (C=O) groups is 1. The lowest BCUT2D eigenvalue weighted by atomic mass is 10.1. The monoisotopic (exact) mass is 452 g/mol. The fourth-order valence-corrected chi connectivity index (χ4v) is 2.82. The molecule has 2 aromatic rings. The Kier molecular flexibility index (Phi) is 9.18. The zero-order chi connectivity index (χ0) is 24.4. The number of halogens is 3. The van der Waals surface area contributed by atoms with Gasteiger partial charge >= 0.3 is 0 Å². The van der Waals surface area contributed by atoms with Gasteiger partial charge in [-0.3, -0.25) is 14.8 Å². The Morgan fingerprint density at radius 2 is 1.91 bits per heavy atom. The van der Waals surface area contributed by atoms with Gasteiger partial charge in [0.25, 0.3) is 0 Å². The number of amidine groups is 1. The largest absolute Gasteiger partial charge is 0.395 e. The third-order valence-electron chi connectivity index (χ3n) is 4.46. The van der Waals surface area contributed by atoms with E-state index >= 15 is 0 Å². The van der Waals surface area contributed by atoms with Gasteiger partial charge in [0, 0.05) is 36.0 Å². The molecule has 33 heavy (non-hydrogen) atoms. The van der Waals surface area contributed by atoms with Crippen LogP contribution in [0.3, 0.4) is 0 Å². The minimum Gasteiger partial charge on any atom is -0.395 e. The molecule has 5 nitrogen and oxygen atoms in total. The molecule has 0 heterocycles. The quantitative estimate of drug-likeness (QED) is 0.247. The molecular formula is C25H23F3N4O. The van der Waals surface area contributed by atoms with E-state index in [-0.39, 0.29) is 36.5 Å². The van der Waals surface area contributed by atoms with E-state index in [9.17, 15) is 18.0 Å². The second kappa shape index (κ2) is 12.1. The molecule has 8 heteroatoms. The smallest absolute Gasteiger partial charge is 0.155 e. The van der Waals surface area contributed by atoms with E-state index in [4.69, 9.17) is 12.2 Å². The minimum atomic E-state index is -0.998. The number of terminal acetylenes is 1. The van der Waals surface area contributed by atoms with Gasteiger partial charge in [-0.1, -0.05) is 25.5 Å². The number of rotatable bonds is 9. The predicted molar refractivity (Wildman–Crippen MR) is 126 cm³/mol. The van der Waals surface area contributed by atoms with E-state index in [0.29, 0.717) is 23.2 Å². The van der Waals surface area contributed by atoms with Gasteiger partial charge in [-0.2, -0.15) is 0 Å². The maximum atomic E-state index is 14.6. The van der Waals surface area contributed by atoms with Crippen molar-refractivity contribution in [1.29, 1.82) is 0 Å². The third-order valence-corrected chi connectivity index (χ3v) is 4.46. The minimum absolute atomic E-state index is 0.00477. The number of aliphatic imine (C=N–C) groups is 2. The fourth-order valence-electron chi connectivity index (χ4n) is 2.82. The number of carbonyl (C=O) groups excluding carboxylic acids is 1. The second-order valence-corrected chi connectivity index (χ2v) is 6.80. The van der Waals surface area contributed by atoms with E-state index in [1.54, 1.807) is 18.4 Å². The summed E-state index contributed by atoms with van der Waals surface area (Å²) in [6, 6.07) is 4.90. The average molecular weight is 452 g/mol. The van der Waals surface area contributed by atoms with Crippen LogP contribution in [0, 0.1) is 29.8 Å². The molecule has 0 radical (unpaired) electrons. The van der Waals surface area contributed by atoms with Gasteiger partial charge in [0.2, 0.25) is 0 Å². The Hall–Kier alpha value is -4.12. The Bertz CT molecular complexity index is 1150.